The van der Waals surface area contributed by atoms with Crippen LogP contribution in [0.3, 0.4) is 0 Å². The number of benzene rings is 2. The molecule has 0 radical (unpaired) electrons. The molecule has 14 heteroatoms. The molecule has 0 bridgehead atoms. The van der Waals surface area contributed by atoms with Crippen molar-refractivity contribution in [3.8, 4) is 6.07 Å². The van der Waals surface area contributed by atoms with Crippen molar-refractivity contribution in [2.45, 2.75) is 35.9 Å². The number of allylic oxidation sites excluding steroid dienone is 2. The predicted molar refractivity (Wildman–Crippen MR) is 146 cm³/mol. The molecule has 2 heterocycles. The number of thioether (sulfide) groups is 1. The molecule has 0 saturated carbocycles. The number of hydrogen-bond acceptors (Lipinski definition) is 9. The Kier molecular flexibility index (Phi) is 10.7. The smallest absolute Gasteiger partial charge is 0.328 e. The first-order valence-corrected chi connectivity index (χ1v) is 14.4. The third kappa shape index (κ3) is 8.02. The van der Waals surface area contributed by atoms with Crippen molar-refractivity contribution in [2.75, 3.05) is 13.2 Å². The summed E-state index contributed by atoms with van der Waals surface area (Å²) in [5.74, 6) is -2.21. The van der Waals surface area contributed by atoms with Gasteiger partial charge in [0.1, 0.15) is 35.7 Å². The molecule has 216 valence electrons. The van der Waals surface area contributed by atoms with E-state index in [1.54, 1.807) is 31.2 Å². The number of aromatic nitrogens is 3. The molecule has 0 spiro atoms. The van der Waals surface area contributed by atoms with E-state index in [1.165, 1.54) is 47.3 Å². The van der Waals surface area contributed by atoms with Crippen molar-refractivity contribution in [3.05, 3.63) is 101 Å². The largest absolute Gasteiger partial charge is 0.348 e. The Bertz CT molecular complexity index is 1410. The van der Waals surface area contributed by atoms with Crippen LogP contribution in [0.4, 0.5) is 13.2 Å². The maximum Gasteiger partial charge on any atom is 0.328 e. The zero-order chi connectivity index (χ0) is 29.4. The number of rotatable bonds is 11. The van der Waals surface area contributed by atoms with Gasteiger partial charge in [-0.25, -0.2) is 22.8 Å². The Morgan fingerprint density at radius 3 is 2.61 bits per heavy atom. The number of nitrogens with zero attached hydrogens (tertiary/aromatic N) is 4. The average Bonchev–Trinajstić information content (AvgIpc) is 3.45. The number of ether oxygens (including phenoxy) is 2. The standard InChI is InChI=1S/C27H26F3N4O5PS/c1-18(27(39-40(35)36,15-34-17-32-16-33-34)23-9-8-21(28)11-25(23)30)41-22-13-37-26(38-14-22)5-3-2-4-20-7-6-19(12-31)10-24(20)29/h2-11,16-18,22,26,35-36H,13-15H2,1H3/b4-2+,5-3+/t18-,22?,26?,27-/m1/s1. The van der Waals surface area contributed by atoms with E-state index in [0.717, 1.165) is 12.1 Å². The highest BCUT2D eigenvalue weighted by atomic mass is 32.2. The van der Waals surface area contributed by atoms with Gasteiger partial charge in [0.15, 0.2) is 6.29 Å². The SMILES string of the molecule is C[C@@H](SC1COC(/C=C/C=C/c2ccc(C#N)cc2F)OC1)[C@@](Cn1cncn1)(OP(O)O)c1ccc(F)cc1F. The van der Waals surface area contributed by atoms with E-state index < -0.39 is 43.2 Å². The molecule has 0 aliphatic carbocycles. The second kappa shape index (κ2) is 14.2. The molecule has 4 rings (SSSR count). The summed E-state index contributed by atoms with van der Waals surface area (Å²) in [6, 6.07) is 9.06. The van der Waals surface area contributed by atoms with Crippen LogP contribution < -0.4 is 0 Å². The Hall–Kier alpha value is -3.08. The zero-order valence-corrected chi connectivity index (χ0v) is 23.4. The van der Waals surface area contributed by atoms with E-state index in [4.69, 9.17) is 19.3 Å². The number of hydrogen-bond donors (Lipinski definition) is 2. The van der Waals surface area contributed by atoms with Crippen LogP contribution in [-0.2, 0) is 26.1 Å². The number of halogens is 3. The molecule has 1 aliphatic heterocycles. The Morgan fingerprint density at radius 1 is 1.20 bits per heavy atom. The van der Waals surface area contributed by atoms with Crippen molar-refractivity contribution < 1.29 is 37.0 Å². The minimum Gasteiger partial charge on any atom is -0.348 e. The van der Waals surface area contributed by atoms with E-state index in [-0.39, 0.29) is 36.1 Å². The minimum atomic E-state index is -2.96. The van der Waals surface area contributed by atoms with E-state index in [2.05, 4.69) is 10.1 Å². The molecule has 1 saturated heterocycles. The first-order valence-electron chi connectivity index (χ1n) is 12.3. The van der Waals surface area contributed by atoms with Gasteiger partial charge in [0.2, 0.25) is 0 Å². The lowest BCUT2D eigenvalue weighted by Crippen LogP contribution is -2.45. The lowest BCUT2D eigenvalue weighted by atomic mass is 9.90. The van der Waals surface area contributed by atoms with Crippen LogP contribution in [0.25, 0.3) is 6.08 Å². The van der Waals surface area contributed by atoms with Crippen LogP contribution in [0.1, 0.15) is 23.6 Å². The van der Waals surface area contributed by atoms with Crippen molar-refractivity contribution in [3.63, 3.8) is 0 Å². The highest BCUT2D eigenvalue weighted by molar-refractivity contribution is 8.00. The quantitative estimate of drug-likeness (QED) is 0.234. The van der Waals surface area contributed by atoms with Crippen molar-refractivity contribution in [2.24, 2.45) is 0 Å². The fourth-order valence-electron chi connectivity index (χ4n) is 4.25. The third-order valence-electron chi connectivity index (χ3n) is 6.23. The van der Waals surface area contributed by atoms with Gasteiger partial charge in [0.25, 0.3) is 0 Å². The van der Waals surface area contributed by atoms with Crippen LogP contribution in [0.15, 0.2) is 67.3 Å². The summed E-state index contributed by atoms with van der Waals surface area (Å²) >= 11 is 1.32. The van der Waals surface area contributed by atoms with Gasteiger partial charge in [0, 0.05) is 22.4 Å². The fraction of sp³-hybridized carbons (Fsp3) is 0.296. The molecule has 0 unspecified atom stereocenters. The van der Waals surface area contributed by atoms with Gasteiger partial charge < -0.3 is 19.3 Å². The molecule has 41 heavy (non-hydrogen) atoms. The molecule has 3 aromatic rings. The molecule has 2 N–H and O–H groups in total. The molecule has 1 fully saturated rings. The van der Waals surface area contributed by atoms with Crippen LogP contribution in [-0.4, -0.2) is 54.6 Å². The summed E-state index contributed by atoms with van der Waals surface area (Å²) in [6.45, 7) is 2.07. The maximum absolute atomic E-state index is 15.1. The third-order valence-corrected chi connectivity index (χ3v) is 8.16. The van der Waals surface area contributed by atoms with Gasteiger partial charge in [-0.15, -0.1) is 11.8 Å². The van der Waals surface area contributed by atoms with Crippen LogP contribution in [0.2, 0.25) is 0 Å². The monoisotopic (exact) mass is 606 g/mol. The van der Waals surface area contributed by atoms with Crippen molar-refractivity contribution >= 4 is 26.4 Å². The van der Waals surface area contributed by atoms with Crippen molar-refractivity contribution in [1.29, 1.82) is 5.26 Å². The van der Waals surface area contributed by atoms with E-state index >= 15 is 4.39 Å². The molecular weight excluding hydrogens is 580 g/mol. The Labute approximate surface area is 239 Å². The molecule has 1 aliphatic rings. The second-order valence-corrected chi connectivity index (χ2v) is 11.3. The lowest BCUT2D eigenvalue weighted by Gasteiger charge is -2.40. The van der Waals surface area contributed by atoms with E-state index in [9.17, 15) is 18.6 Å². The molecule has 1 aromatic heterocycles. The topological polar surface area (TPSA) is 123 Å². The molecule has 9 nitrogen and oxygen atoms in total. The van der Waals surface area contributed by atoms with Gasteiger partial charge in [-0.2, -0.15) is 10.4 Å². The highest BCUT2D eigenvalue weighted by Gasteiger charge is 2.46. The van der Waals surface area contributed by atoms with E-state index in [1.807, 2.05) is 6.07 Å². The van der Waals surface area contributed by atoms with Gasteiger partial charge in [0.05, 0.1) is 36.6 Å². The molecule has 2 atom stereocenters. The summed E-state index contributed by atoms with van der Waals surface area (Å²) in [6.07, 6.45) is 8.47. The maximum atomic E-state index is 15.1. The molecule has 0 amide bonds. The van der Waals surface area contributed by atoms with Crippen LogP contribution in [0.5, 0.6) is 0 Å². The zero-order valence-electron chi connectivity index (χ0n) is 21.7. The Morgan fingerprint density at radius 2 is 1.98 bits per heavy atom. The van der Waals surface area contributed by atoms with Gasteiger partial charge in [-0.05, 0) is 24.3 Å². The highest BCUT2D eigenvalue weighted by Crippen LogP contribution is 2.48. The fourth-order valence-corrected chi connectivity index (χ4v) is 6.29. The molecular formula is C27H26F3N4O5PS. The summed E-state index contributed by atoms with van der Waals surface area (Å²) in [7, 11) is -2.96. The second-order valence-electron chi connectivity index (χ2n) is 8.98. The Balaban J connectivity index is 1.43. The summed E-state index contributed by atoms with van der Waals surface area (Å²) in [4.78, 5) is 23.6. The van der Waals surface area contributed by atoms with Gasteiger partial charge >= 0.3 is 8.60 Å². The summed E-state index contributed by atoms with van der Waals surface area (Å²) < 4.78 is 61.4. The van der Waals surface area contributed by atoms with Gasteiger partial charge in [-0.1, -0.05) is 37.3 Å². The summed E-state index contributed by atoms with van der Waals surface area (Å²) in [5.41, 5.74) is -1.19. The minimum absolute atomic E-state index is 0.0751. The van der Waals surface area contributed by atoms with Crippen molar-refractivity contribution in [1.82, 2.24) is 14.8 Å². The van der Waals surface area contributed by atoms with Gasteiger partial charge in [-0.3, -0.25) is 4.52 Å². The van der Waals surface area contributed by atoms with Crippen LogP contribution >= 0.6 is 20.4 Å². The normalized spacial score (nSPS) is 20.0. The predicted octanol–water partition coefficient (Wildman–Crippen LogP) is 4.82. The van der Waals surface area contributed by atoms with E-state index in [0.29, 0.717) is 11.6 Å². The first kappa shape index (κ1) is 30.9. The average molecular weight is 607 g/mol. The summed E-state index contributed by atoms with van der Waals surface area (Å²) in [5, 5.41) is 12.0. The molecule has 2 aromatic carbocycles. The first-order chi connectivity index (χ1) is 19.7. The number of nitriles is 1. The van der Waals surface area contributed by atoms with Crippen LogP contribution in [0, 0.1) is 28.8 Å². The lowest BCUT2D eigenvalue weighted by molar-refractivity contribution is -0.146.